The maximum Gasteiger partial charge on any atom is 0.103 e. The molecular formula is C27H24N2S2. The molecule has 4 aromatic rings. The summed E-state index contributed by atoms with van der Waals surface area (Å²) in [5.41, 5.74) is 3.52. The standard InChI is InChI=1S/C27H24N2S2/c1-29(2)23-17-15-21(16-18-23)13-14-22-19-26(30-24-9-5-3-6-10-24)28-27(20-22)31-25-11-7-4-8-12-25/h3-20H,1-2H3/b14-13+. The Balaban J connectivity index is 1.61. The van der Waals surface area contributed by atoms with Gasteiger partial charge in [0.05, 0.1) is 0 Å². The van der Waals surface area contributed by atoms with Gasteiger partial charge in [-0.15, -0.1) is 0 Å². The first kappa shape index (κ1) is 21.3. The smallest absolute Gasteiger partial charge is 0.103 e. The van der Waals surface area contributed by atoms with Gasteiger partial charge in [0, 0.05) is 29.6 Å². The zero-order valence-corrected chi connectivity index (χ0v) is 19.2. The molecule has 0 radical (unpaired) electrons. The average Bonchev–Trinajstić information content (AvgIpc) is 2.79. The first-order chi connectivity index (χ1) is 15.2. The molecule has 2 nitrogen and oxygen atoms in total. The Bertz CT molecular complexity index is 1080. The molecular weight excluding hydrogens is 416 g/mol. The zero-order chi connectivity index (χ0) is 21.5. The SMILES string of the molecule is CN(C)c1ccc(/C=C/c2cc(Sc3ccccc3)nc(Sc3ccccc3)c2)cc1. The van der Waals surface area contributed by atoms with Crippen LogP contribution in [0, 0.1) is 0 Å². The Morgan fingerprint density at radius 3 is 1.58 bits per heavy atom. The topological polar surface area (TPSA) is 16.1 Å². The predicted octanol–water partition coefficient (Wildman–Crippen LogP) is 7.62. The summed E-state index contributed by atoms with van der Waals surface area (Å²) in [7, 11) is 4.11. The molecule has 0 aliphatic carbocycles. The molecule has 1 heterocycles. The quantitative estimate of drug-likeness (QED) is 0.294. The lowest BCUT2D eigenvalue weighted by atomic mass is 10.1. The number of benzene rings is 3. The molecule has 0 aliphatic heterocycles. The normalized spacial score (nSPS) is 11.0. The van der Waals surface area contributed by atoms with Crippen LogP contribution in [0.1, 0.15) is 11.1 Å². The molecule has 4 rings (SSSR count). The maximum absolute atomic E-state index is 4.90. The summed E-state index contributed by atoms with van der Waals surface area (Å²) in [4.78, 5) is 9.38. The van der Waals surface area contributed by atoms with Gasteiger partial charge in [-0.2, -0.15) is 0 Å². The first-order valence-electron chi connectivity index (χ1n) is 10.1. The summed E-state index contributed by atoms with van der Waals surface area (Å²) in [5.74, 6) is 0. The maximum atomic E-state index is 4.90. The minimum absolute atomic E-state index is 0.995. The molecule has 0 fully saturated rings. The van der Waals surface area contributed by atoms with Crippen molar-refractivity contribution in [2.75, 3.05) is 19.0 Å². The van der Waals surface area contributed by atoms with Gasteiger partial charge in [-0.3, -0.25) is 0 Å². The van der Waals surface area contributed by atoms with Crippen LogP contribution in [0.3, 0.4) is 0 Å². The van der Waals surface area contributed by atoms with E-state index < -0.39 is 0 Å². The number of hydrogen-bond acceptors (Lipinski definition) is 4. The summed E-state index contributed by atoms with van der Waals surface area (Å²) in [6.45, 7) is 0. The van der Waals surface area contributed by atoms with Gasteiger partial charge < -0.3 is 4.90 Å². The van der Waals surface area contributed by atoms with Crippen molar-refractivity contribution in [3.63, 3.8) is 0 Å². The molecule has 0 atom stereocenters. The van der Waals surface area contributed by atoms with Crippen molar-refractivity contribution in [1.82, 2.24) is 4.98 Å². The van der Waals surface area contributed by atoms with Crippen LogP contribution in [-0.4, -0.2) is 19.1 Å². The number of nitrogens with zero attached hydrogens (tertiary/aromatic N) is 2. The fourth-order valence-corrected chi connectivity index (χ4v) is 4.80. The fourth-order valence-electron chi connectivity index (χ4n) is 3.00. The van der Waals surface area contributed by atoms with Gasteiger partial charge in [0.1, 0.15) is 10.1 Å². The van der Waals surface area contributed by atoms with Gasteiger partial charge in [0.2, 0.25) is 0 Å². The Morgan fingerprint density at radius 1 is 0.613 bits per heavy atom. The van der Waals surface area contributed by atoms with Crippen LogP contribution in [0.15, 0.2) is 117 Å². The Kier molecular flexibility index (Phi) is 7.13. The molecule has 0 amide bonds. The Labute approximate surface area is 193 Å². The van der Waals surface area contributed by atoms with Crippen molar-refractivity contribution in [2.24, 2.45) is 0 Å². The number of pyridine rings is 1. The molecule has 31 heavy (non-hydrogen) atoms. The van der Waals surface area contributed by atoms with Crippen molar-refractivity contribution < 1.29 is 0 Å². The number of hydrogen-bond donors (Lipinski definition) is 0. The zero-order valence-electron chi connectivity index (χ0n) is 17.6. The lowest BCUT2D eigenvalue weighted by Gasteiger charge is -2.11. The molecule has 0 aliphatic rings. The van der Waals surface area contributed by atoms with Gasteiger partial charge in [-0.1, -0.05) is 84.2 Å². The summed E-state index contributed by atoms with van der Waals surface area (Å²) in [6.07, 6.45) is 4.32. The van der Waals surface area contributed by atoms with Crippen LogP contribution >= 0.6 is 23.5 Å². The highest BCUT2D eigenvalue weighted by molar-refractivity contribution is 8.00. The van der Waals surface area contributed by atoms with Gasteiger partial charge in [0.25, 0.3) is 0 Å². The van der Waals surface area contributed by atoms with Crippen LogP contribution in [0.2, 0.25) is 0 Å². The molecule has 4 heteroatoms. The van der Waals surface area contributed by atoms with Crippen LogP contribution in [0.5, 0.6) is 0 Å². The van der Waals surface area contributed by atoms with E-state index in [4.69, 9.17) is 4.98 Å². The molecule has 1 aromatic heterocycles. The van der Waals surface area contributed by atoms with Gasteiger partial charge in [-0.05, 0) is 59.7 Å². The summed E-state index contributed by atoms with van der Waals surface area (Å²) in [6, 6.07) is 33.6. The lowest BCUT2D eigenvalue weighted by molar-refractivity contribution is 1.00. The minimum Gasteiger partial charge on any atom is -0.378 e. The van der Waals surface area contributed by atoms with E-state index in [1.165, 1.54) is 21.0 Å². The molecule has 3 aromatic carbocycles. The van der Waals surface area contributed by atoms with Crippen LogP contribution < -0.4 is 4.90 Å². The van der Waals surface area contributed by atoms with Crippen molar-refractivity contribution in [2.45, 2.75) is 19.8 Å². The first-order valence-corrected chi connectivity index (χ1v) is 11.7. The molecule has 0 unspecified atom stereocenters. The lowest BCUT2D eigenvalue weighted by Crippen LogP contribution is -2.07. The van der Waals surface area contributed by atoms with Crippen molar-refractivity contribution in [1.29, 1.82) is 0 Å². The largest absolute Gasteiger partial charge is 0.378 e. The molecule has 0 spiro atoms. The second kappa shape index (κ2) is 10.4. The molecule has 0 bridgehead atoms. The second-order valence-corrected chi connectivity index (χ2v) is 9.41. The van der Waals surface area contributed by atoms with Crippen LogP contribution in [0.25, 0.3) is 12.2 Å². The summed E-state index contributed by atoms with van der Waals surface area (Å²) in [5, 5.41) is 1.99. The fraction of sp³-hybridized carbons (Fsp3) is 0.0741. The molecule has 0 saturated heterocycles. The van der Waals surface area contributed by atoms with E-state index >= 15 is 0 Å². The highest BCUT2D eigenvalue weighted by Gasteiger charge is 2.06. The second-order valence-electron chi connectivity index (χ2n) is 7.23. The van der Waals surface area contributed by atoms with Gasteiger partial charge in [0.15, 0.2) is 0 Å². The average molecular weight is 441 g/mol. The van der Waals surface area contributed by atoms with Gasteiger partial charge >= 0.3 is 0 Å². The van der Waals surface area contributed by atoms with E-state index in [9.17, 15) is 0 Å². The highest BCUT2D eigenvalue weighted by atomic mass is 32.2. The third-order valence-electron chi connectivity index (χ3n) is 4.61. The Morgan fingerprint density at radius 2 is 1.10 bits per heavy atom. The molecule has 154 valence electrons. The number of rotatable bonds is 7. The monoisotopic (exact) mass is 440 g/mol. The van der Waals surface area contributed by atoms with Gasteiger partial charge in [-0.25, -0.2) is 4.98 Å². The van der Waals surface area contributed by atoms with Crippen LogP contribution in [-0.2, 0) is 0 Å². The number of anilines is 1. The molecule has 0 saturated carbocycles. The van der Waals surface area contributed by atoms with Crippen molar-refractivity contribution in [3.8, 4) is 0 Å². The summed E-state index contributed by atoms with van der Waals surface area (Å²) >= 11 is 3.38. The molecule has 0 N–H and O–H groups in total. The van der Waals surface area contributed by atoms with Crippen LogP contribution in [0.4, 0.5) is 5.69 Å². The summed E-state index contributed by atoms with van der Waals surface area (Å²) < 4.78 is 0. The van der Waals surface area contributed by atoms with E-state index in [-0.39, 0.29) is 0 Å². The van der Waals surface area contributed by atoms with E-state index in [0.717, 1.165) is 15.6 Å². The van der Waals surface area contributed by atoms with E-state index in [1.54, 1.807) is 23.5 Å². The minimum atomic E-state index is 0.995. The Hall–Kier alpha value is -2.95. The third kappa shape index (κ3) is 6.27. The van der Waals surface area contributed by atoms with Crippen molar-refractivity contribution in [3.05, 3.63) is 108 Å². The van der Waals surface area contributed by atoms with Crippen molar-refractivity contribution >= 4 is 41.4 Å². The number of aromatic nitrogens is 1. The predicted molar refractivity (Wildman–Crippen MR) is 135 cm³/mol. The van der Waals surface area contributed by atoms with E-state index in [0.29, 0.717) is 0 Å². The third-order valence-corrected chi connectivity index (χ3v) is 6.46. The van der Waals surface area contributed by atoms with E-state index in [1.807, 2.05) is 12.1 Å². The van der Waals surface area contributed by atoms with E-state index in [2.05, 4.69) is 116 Å². The highest BCUT2D eigenvalue weighted by Crippen LogP contribution is 2.32.